The first kappa shape index (κ1) is 16.8. The summed E-state index contributed by atoms with van der Waals surface area (Å²) in [6.45, 7) is 0.574. The number of nitrogens with zero attached hydrogens (tertiary/aromatic N) is 6. The Morgan fingerprint density at radius 3 is 2.59 bits per heavy atom. The lowest BCUT2D eigenvalue weighted by Gasteiger charge is -2.51. The molecule has 2 aliphatic heterocycles. The molecule has 1 fully saturated rings. The molecule has 10 heteroatoms. The van der Waals surface area contributed by atoms with Gasteiger partial charge in [-0.05, 0) is 53.2 Å². The molecule has 0 bridgehead atoms. The standard InChI is InChI=1S/C24H31ClN6O3/c1-8-29-11-12-30(23(5,6)16(29)4)22(33)34-24(7)20-19(27-14(2)15(3)28-20)21(32)31(24)18-10-9-17(25)13-26-18/h9-10,13,16H,8,11-12H2,1-7H3/t16?,24-/m0/s1/i8D2,11D2,12D2,16D. The number of pyridine rings is 1. The number of likely N-dealkylation sites (N-methyl/N-ethyl adjacent to an activating group) is 1. The lowest BCUT2D eigenvalue weighted by Crippen LogP contribution is -2.66. The lowest BCUT2D eigenvalue weighted by atomic mass is 9.90. The number of aryl methyl sites for hydroxylation is 2. The maximum atomic E-state index is 14.1. The van der Waals surface area contributed by atoms with Gasteiger partial charge in [0.25, 0.3) is 5.91 Å². The van der Waals surface area contributed by atoms with Crippen LogP contribution < -0.4 is 4.90 Å². The third kappa shape index (κ3) is 3.71. The van der Waals surface area contributed by atoms with E-state index in [2.05, 4.69) is 15.0 Å². The number of hydrogen-bond acceptors (Lipinski definition) is 7. The van der Waals surface area contributed by atoms with Crippen molar-refractivity contribution >= 4 is 29.4 Å². The third-order valence-corrected chi connectivity index (χ3v) is 6.49. The van der Waals surface area contributed by atoms with Crippen LogP contribution in [0.25, 0.3) is 0 Å². The van der Waals surface area contributed by atoms with Crippen molar-refractivity contribution in [2.75, 3.05) is 24.4 Å². The highest BCUT2D eigenvalue weighted by Gasteiger charge is 2.55. The fourth-order valence-electron chi connectivity index (χ4n) is 3.87. The topological polar surface area (TPSA) is 91.8 Å². The average Bonchev–Trinajstić information content (AvgIpc) is 2.98. The minimum absolute atomic E-state index is 0.0248. The zero-order chi connectivity index (χ0) is 31.3. The molecule has 0 saturated carbocycles. The van der Waals surface area contributed by atoms with Gasteiger partial charge in [0.05, 0.1) is 24.7 Å². The number of anilines is 1. The first-order chi connectivity index (χ1) is 18.4. The number of halogens is 1. The van der Waals surface area contributed by atoms with Crippen molar-refractivity contribution in [3.05, 3.63) is 46.1 Å². The van der Waals surface area contributed by atoms with Crippen LogP contribution >= 0.6 is 11.6 Å². The van der Waals surface area contributed by atoms with Gasteiger partial charge in [-0.15, -0.1) is 0 Å². The molecule has 4 heterocycles. The highest BCUT2D eigenvalue weighted by molar-refractivity contribution is 6.30. The van der Waals surface area contributed by atoms with Gasteiger partial charge < -0.3 is 9.64 Å². The van der Waals surface area contributed by atoms with Crippen LogP contribution in [0, 0.1) is 13.8 Å². The number of amides is 2. The molecule has 0 spiro atoms. The van der Waals surface area contributed by atoms with Crippen LogP contribution in [0.4, 0.5) is 10.6 Å². The first-order valence-electron chi connectivity index (χ1n) is 14.1. The highest BCUT2D eigenvalue weighted by Crippen LogP contribution is 2.42. The largest absolute Gasteiger partial charge is 0.416 e. The molecule has 4 rings (SSSR count). The van der Waals surface area contributed by atoms with Crippen LogP contribution in [0.15, 0.2) is 18.3 Å². The van der Waals surface area contributed by atoms with Gasteiger partial charge in [-0.2, -0.15) is 0 Å². The minimum atomic E-state index is -3.22. The Bertz CT molecular complexity index is 1410. The lowest BCUT2D eigenvalue weighted by molar-refractivity contribution is -0.0540. The maximum absolute atomic E-state index is 14.1. The molecule has 0 aliphatic carbocycles. The van der Waals surface area contributed by atoms with Crippen molar-refractivity contribution in [3.63, 3.8) is 0 Å². The van der Waals surface area contributed by atoms with Crippen LogP contribution in [0.1, 0.15) is 71.8 Å². The first-order valence-corrected chi connectivity index (χ1v) is 11.0. The van der Waals surface area contributed by atoms with Crippen LogP contribution in [0.2, 0.25) is 5.02 Å². The summed E-state index contributed by atoms with van der Waals surface area (Å²) >= 11 is 5.99. The molecule has 1 saturated heterocycles. The molecule has 2 amide bonds. The van der Waals surface area contributed by atoms with Gasteiger partial charge >= 0.3 is 6.09 Å². The van der Waals surface area contributed by atoms with E-state index >= 15 is 0 Å². The molecular formula is C24H31ClN6O3. The zero-order valence-corrected chi connectivity index (χ0v) is 20.8. The van der Waals surface area contributed by atoms with Gasteiger partial charge in [0, 0.05) is 39.0 Å². The number of hydrogen-bond donors (Lipinski definition) is 0. The molecule has 182 valence electrons. The van der Waals surface area contributed by atoms with E-state index in [1.807, 2.05) is 0 Å². The molecule has 1 unspecified atom stereocenters. The Hall–Kier alpha value is -2.78. The van der Waals surface area contributed by atoms with Gasteiger partial charge in [-0.3, -0.25) is 9.69 Å². The second-order valence-electron chi connectivity index (χ2n) is 8.68. The summed E-state index contributed by atoms with van der Waals surface area (Å²) < 4.78 is 66.2. The van der Waals surface area contributed by atoms with Crippen LogP contribution in [-0.2, 0) is 10.5 Å². The summed E-state index contributed by atoms with van der Waals surface area (Å²) in [4.78, 5) is 42.7. The van der Waals surface area contributed by atoms with Gasteiger partial charge in [0.15, 0.2) is 5.69 Å². The predicted molar refractivity (Wildman–Crippen MR) is 129 cm³/mol. The number of aromatic nitrogens is 3. The molecule has 0 radical (unpaired) electrons. The van der Waals surface area contributed by atoms with E-state index in [1.54, 1.807) is 13.8 Å². The summed E-state index contributed by atoms with van der Waals surface area (Å²) in [6.07, 6.45) is -0.132. The minimum Gasteiger partial charge on any atom is -0.416 e. The number of fused-ring (bicyclic) bond motifs is 1. The van der Waals surface area contributed by atoms with E-state index in [4.69, 9.17) is 25.9 Å². The van der Waals surface area contributed by atoms with Crippen LogP contribution in [0.3, 0.4) is 0 Å². The Balaban J connectivity index is 1.90. The Morgan fingerprint density at radius 1 is 1.29 bits per heavy atom. The second-order valence-corrected chi connectivity index (χ2v) is 9.12. The van der Waals surface area contributed by atoms with Crippen LogP contribution in [-0.4, -0.2) is 67.8 Å². The molecule has 0 aromatic carbocycles. The van der Waals surface area contributed by atoms with Crippen molar-refractivity contribution in [2.45, 2.75) is 65.7 Å². The summed E-state index contributed by atoms with van der Waals surface area (Å²) in [6, 6.07) is 0.677. The Morgan fingerprint density at radius 2 is 1.97 bits per heavy atom. The summed E-state index contributed by atoms with van der Waals surface area (Å²) in [5, 5.41) is 0.278. The van der Waals surface area contributed by atoms with Crippen molar-refractivity contribution < 1.29 is 23.9 Å². The molecular weight excluding hydrogens is 456 g/mol. The predicted octanol–water partition coefficient (Wildman–Crippen LogP) is 3.92. The van der Waals surface area contributed by atoms with E-state index in [9.17, 15) is 9.59 Å². The normalized spacial score (nSPS) is 32.9. The van der Waals surface area contributed by atoms with E-state index < -0.39 is 48.8 Å². The van der Waals surface area contributed by atoms with Gasteiger partial charge in [-0.1, -0.05) is 18.5 Å². The molecule has 9 nitrogen and oxygen atoms in total. The molecule has 34 heavy (non-hydrogen) atoms. The fraction of sp³-hybridized carbons (Fsp3) is 0.542. The van der Waals surface area contributed by atoms with Crippen LogP contribution in [0.5, 0.6) is 0 Å². The SMILES string of the molecule is [2H]C([2H])(C)N1C([2H])([2H])C([2H])([2H])N(C(=O)O[C@@]2(C)c3nc(C)c(C)nc3C(=O)N2c2ccc(Cl)cn2)C(C)(C)C1([2H])C. The van der Waals surface area contributed by atoms with E-state index in [0.717, 1.165) is 11.8 Å². The summed E-state index contributed by atoms with van der Waals surface area (Å²) in [7, 11) is 0. The molecule has 2 atom stereocenters. The van der Waals surface area contributed by atoms with Crippen molar-refractivity contribution in [1.82, 2.24) is 24.8 Å². The molecule has 2 aromatic heterocycles. The molecule has 0 N–H and O–H groups in total. The number of carbonyl (C=O) groups is 2. The highest BCUT2D eigenvalue weighted by atomic mass is 35.5. The molecule has 2 aromatic rings. The van der Waals surface area contributed by atoms with Crippen molar-refractivity contribution in [3.8, 4) is 0 Å². The smallest absolute Gasteiger partial charge is 0.412 e. The molecule has 2 aliphatic rings. The zero-order valence-electron chi connectivity index (χ0n) is 27.0. The monoisotopic (exact) mass is 493 g/mol. The number of rotatable bonds is 3. The second kappa shape index (κ2) is 8.46. The Labute approximate surface area is 214 Å². The van der Waals surface area contributed by atoms with Crippen molar-refractivity contribution in [2.24, 2.45) is 0 Å². The Kier molecular flexibility index (Phi) is 4.18. The fourth-order valence-corrected chi connectivity index (χ4v) is 3.98. The van der Waals surface area contributed by atoms with E-state index in [1.165, 1.54) is 46.0 Å². The van der Waals surface area contributed by atoms with Gasteiger partial charge in [0.1, 0.15) is 11.5 Å². The average molecular weight is 494 g/mol. The van der Waals surface area contributed by atoms with E-state index in [-0.39, 0.29) is 22.2 Å². The maximum Gasteiger partial charge on any atom is 0.412 e. The quantitative estimate of drug-likeness (QED) is 0.639. The summed E-state index contributed by atoms with van der Waals surface area (Å²) in [5.41, 5.74) is -3.19. The number of piperazine rings is 1. The number of carbonyl (C=O) groups excluding carboxylic acids is 2. The number of ether oxygens (including phenoxy) is 1. The van der Waals surface area contributed by atoms with Crippen molar-refractivity contribution in [1.29, 1.82) is 0 Å². The third-order valence-electron chi connectivity index (χ3n) is 6.27. The summed E-state index contributed by atoms with van der Waals surface area (Å²) in [5.74, 6) is -0.676. The van der Waals surface area contributed by atoms with E-state index in [0.29, 0.717) is 21.2 Å². The van der Waals surface area contributed by atoms with Gasteiger partial charge in [0.2, 0.25) is 5.72 Å². The van der Waals surface area contributed by atoms with Gasteiger partial charge in [-0.25, -0.2) is 24.6 Å².